The molecule has 0 saturated heterocycles. The molecule has 1 aromatic heterocycles. The van der Waals surface area contributed by atoms with E-state index in [1.54, 1.807) is 19.9 Å². The van der Waals surface area contributed by atoms with Crippen molar-refractivity contribution in [1.29, 1.82) is 0 Å². The van der Waals surface area contributed by atoms with Crippen LogP contribution in [0.4, 0.5) is 5.69 Å². The molecule has 0 fully saturated rings. The van der Waals surface area contributed by atoms with Crippen LogP contribution in [0.5, 0.6) is 0 Å². The van der Waals surface area contributed by atoms with Gasteiger partial charge in [0.2, 0.25) is 10.0 Å². The lowest BCUT2D eigenvalue weighted by molar-refractivity contribution is 0.377. The molecule has 0 radical (unpaired) electrons. The number of hydrogen-bond donors (Lipinski definition) is 2. The Labute approximate surface area is 122 Å². The quantitative estimate of drug-likeness (QED) is 0.841. The molecule has 2 rings (SSSR count). The van der Waals surface area contributed by atoms with E-state index in [2.05, 4.69) is 9.88 Å². The Morgan fingerprint density at radius 3 is 2.65 bits per heavy atom. The molecular weight excluding hydrogens is 302 g/mol. The van der Waals surface area contributed by atoms with E-state index in [9.17, 15) is 8.42 Å². The summed E-state index contributed by atoms with van der Waals surface area (Å²) in [6.07, 6.45) is 0. The molecule has 1 aromatic carbocycles. The van der Waals surface area contributed by atoms with Crippen molar-refractivity contribution in [3.8, 4) is 0 Å². The number of sulfonamides is 1. The maximum Gasteiger partial charge on any atom is 0.242 e. The summed E-state index contributed by atoms with van der Waals surface area (Å²) in [6.45, 7) is 3.49. The highest BCUT2D eigenvalue weighted by Gasteiger charge is 2.19. The monoisotopic (exact) mass is 315 g/mol. The maximum absolute atomic E-state index is 12.2. The summed E-state index contributed by atoms with van der Waals surface area (Å²) in [5.41, 5.74) is 7.48. The Morgan fingerprint density at radius 2 is 2.05 bits per heavy atom. The van der Waals surface area contributed by atoms with Crippen molar-refractivity contribution in [1.82, 2.24) is 9.88 Å². The van der Waals surface area contributed by atoms with E-state index < -0.39 is 10.0 Å². The van der Waals surface area contributed by atoms with Gasteiger partial charge in [0.15, 0.2) is 5.76 Å². The molecule has 0 amide bonds. The molecule has 0 bridgehead atoms. The normalized spacial score (nSPS) is 11.8. The second-order valence-electron chi connectivity index (χ2n) is 4.40. The molecule has 2 aromatic rings. The molecule has 0 aliphatic heterocycles. The lowest BCUT2D eigenvalue weighted by Crippen LogP contribution is -2.23. The first-order chi connectivity index (χ1) is 9.29. The van der Waals surface area contributed by atoms with Crippen LogP contribution >= 0.6 is 11.6 Å². The molecule has 0 atom stereocenters. The zero-order valence-electron chi connectivity index (χ0n) is 11.0. The van der Waals surface area contributed by atoms with Gasteiger partial charge in [-0.1, -0.05) is 16.8 Å². The van der Waals surface area contributed by atoms with Gasteiger partial charge in [0.25, 0.3) is 0 Å². The number of aromatic nitrogens is 1. The number of halogens is 1. The van der Waals surface area contributed by atoms with Gasteiger partial charge in [0.05, 0.1) is 17.3 Å². The van der Waals surface area contributed by atoms with Crippen molar-refractivity contribution >= 4 is 27.3 Å². The predicted molar refractivity (Wildman–Crippen MR) is 75.9 cm³/mol. The van der Waals surface area contributed by atoms with Crippen molar-refractivity contribution in [3.63, 3.8) is 0 Å². The van der Waals surface area contributed by atoms with Crippen molar-refractivity contribution in [2.45, 2.75) is 25.3 Å². The summed E-state index contributed by atoms with van der Waals surface area (Å²) < 4.78 is 31.7. The topological polar surface area (TPSA) is 98.2 Å². The Hall–Kier alpha value is -1.57. The van der Waals surface area contributed by atoms with E-state index in [0.29, 0.717) is 17.1 Å². The Kier molecular flexibility index (Phi) is 4.03. The maximum atomic E-state index is 12.2. The number of hydrogen-bond acceptors (Lipinski definition) is 5. The van der Waals surface area contributed by atoms with Gasteiger partial charge in [0.1, 0.15) is 4.90 Å². The van der Waals surface area contributed by atoms with Gasteiger partial charge in [0, 0.05) is 11.8 Å². The summed E-state index contributed by atoms with van der Waals surface area (Å²) in [5.74, 6) is 0.419. The highest BCUT2D eigenvalue weighted by Crippen LogP contribution is 2.26. The van der Waals surface area contributed by atoms with Crippen molar-refractivity contribution in [2.75, 3.05) is 5.73 Å². The smallest absolute Gasteiger partial charge is 0.242 e. The SMILES string of the molecule is Cc1cc(CNS(=O)(=O)c2cc(N)c(C)cc2Cl)on1. The molecule has 3 N–H and O–H groups in total. The number of nitrogens with zero attached hydrogens (tertiary/aromatic N) is 1. The molecule has 0 aliphatic rings. The van der Waals surface area contributed by atoms with Crippen LogP contribution in [0.1, 0.15) is 17.0 Å². The van der Waals surface area contributed by atoms with E-state index in [-0.39, 0.29) is 16.5 Å². The molecule has 8 heteroatoms. The zero-order valence-corrected chi connectivity index (χ0v) is 12.5. The Bertz CT molecular complexity index is 740. The van der Waals surface area contributed by atoms with Gasteiger partial charge in [-0.05, 0) is 31.5 Å². The zero-order chi connectivity index (χ0) is 14.9. The first-order valence-electron chi connectivity index (χ1n) is 5.77. The molecule has 20 heavy (non-hydrogen) atoms. The Morgan fingerprint density at radius 1 is 1.35 bits per heavy atom. The van der Waals surface area contributed by atoms with E-state index in [4.69, 9.17) is 21.9 Å². The summed E-state index contributed by atoms with van der Waals surface area (Å²) in [5, 5.41) is 3.80. The summed E-state index contributed by atoms with van der Waals surface area (Å²) in [4.78, 5) is -0.0569. The number of aryl methyl sites for hydroxylation is 2. The third-order valence-electron chi connectivity index (χ3n) is 2.72. The van der Waals surface area contributed by atoms with Gasteiger partial charge in [-0.15, -0.1) is 0 Å². The van der Waals surface area contributed by atoms with E-state index >= 15 is 0 Å². The van der Waals surface area contributed by atoms with Gasteiger partial charge in [-0.3, -0.25) is 0 Å². The van der Waals surface area contributed by atoms with Crippen LogP contribution in [-0.4, -0.2) is 13.6 Å². The van der Waals surface area contributed by atoms with Crippen molar-refractivity contribution in [2.24, 2.45) is 0 Å². The van der Waals surface area contributed by atoms with E-state index in [1.807, 2.05) is 0 Å². The van der Waals surface area contributed by atoms with Crippen molar-refractivity contribution in [3.05, 3.63) is 40.2 Å². The molecule has 108 valence electrons. The molecule has 1 heterocycles. The minimum atomic E-state index is -3.77. The van der Waals surface area contributed by atoms with E-state index in [0.717, 1.165) is 5.56 Å². The fourth-order valence-electron chi connectivity index (χ4n) is 1.62. The van der Waals surface area contributed by atoms with Crippen molar-refractivity contribution < 1.29 is 12.9 Å². The average Bonchev–Trinajstić information content (AvgIpc) is 2.77. The number of rotatable bonds is 4. The lowest BCUT2D eigenvalue weighted by Gasteiger charge is -2.09. The first-order valence-corrected chi connectivity index (χ1v) is 7.63. The molecule has 0 spiro atoms. The van der Waals surface area contributed by atoms with E-state index in [1.165, 1.54) is 12.1 Å². The number of nitrogens with two attached hydrogens (primary N) is 1. The number of nitrogen functional groups attached to an aromatic ring is 1. The third-order valence-corrected chi connectivity index (χ3v) is 4.59. The molecular formula is C12H14ClN3O3S. The van der Waals surface area contributed by atoms with Crippen LogP contribution in [0.15, 0.2) is 27.6 Å². The third kappa shape index (κ3) is 3.12. The standard InChI is InChI=1S/C12H14ClN3O3S/c1-7-3-10(13)12(5-11(7)14)20(17,18)15-6-9-4-8(2)16-19-9/h3-5,15H,6,14H2,1-2H3. The van der Waals surface area contributed by atoms with Crippen LogP contribution in [-0.2, 0) is 16.6 Å². The molecule has 6 nitrogen and oxygen atoms in total. The Balaban J connectivity index is 2.24. The van der Waals surface area contributed by atoms with Crippen LogP contribution in [0.25, 0.3) is 0 Å². The summed E-state index contributed by atoms with van der Waals surface area (Å²) in [6, 6.07) is 4.50. The first kappa shape index (κ1) is 14.8. The fourth-order valence-corrected chi connectivity index (χ4v) is 3.23. The van der Waals surface area contributed by atoms with Gasteiger partial charge in [-0.25, -0.2) is 13.1 Å². The van der Waals surface area contributed by atoms with Crippen LogP contribution in [0, 0.1) is 13.8 Å². The molecule has 0 aliphatic carbocycles. The minimum absolute atomic E-state index is 0.00666. The molecule has 0 unspecified atom stereocenters. The van der Waals surface area contributed by atoms with Gasteiger partial charge in [-0.2, -0.15) is 0 Å². The van der Waals surface area contributed by atoms with Gasteiger partial charge < -0.3 is 10.3 Å². The lowest BCUT2D eigenvalue weighted by atomic mass is 10.2. The van der Waals surface area contributed by atoms with Crippen LogP contribution in [0.3, 0.4) is 0 Å². The number of benzene rings is 1. The highest BCUT2D eigenvalue weighted by molar-refractivity contribution is 7.89. The largest absolute Gasteiger partial charge is 0.398 e. The van der Waals surface area contributed by atoms with Gasteiger partial charge >= 0.3 is 0 Å². The second kappa shape index (κ2) is 5.43. The fraction of sp³-hybridized carbons (Fsp3) is 0.250. The predicted octanol–water partition coefficient (Wildman–Crippen LogP) is 2.01. The average molecular weight is 316 g/mol. The summed E-state index contributed by atoms with van der Waals surface area (Å²) in [7, 11) is -3.77. The second-order valence-corrected chi connectivity index (χ2v) is 6.54. The van der Waals surface area contributed by atoms with Crippen LogP contribution in [0.2, 0.25) is 5.02 Å². The summed E-state index contributed by atoms with van der Waals surface area (Å²) >= 11 is 5.96. The number of anilines is 1. The van der Waals surface area contributed by atoms with Crippen LogP contribution < -0.4 is 10.5 Å². The number of nitrogens with one attached hydrogen (secondary N) is 1. The minimum Gasteiger partial charge on any atom is -0.398 e. The molecule has 0 saturated carbocycles. The highest BCUT2D eigenvalue weighted by atomic mass is 35.5.